The molecule has 2 amide bonds. The van der Waals surface area contributed by atoms with Crippen LogP contribution >= 0.6 is 23.5 Å². The van der Waals surface area contributed by atoms with E-state index in [0.29, 0.717) is 11.5 Å². The molecule has 0 radical (unpaired) electrons. The lowest BCUT2D eigenvalue weighted by atomic mass is 9.81. The normalized spacial score (nSPS) is 15.2. The Morgan fingerprint density at radius 2 is 1.64 bits per heavy atom. The number of allylic oxidation sites excluding steroid dienone is 1. The van der Waals surface area contributed by atoms with Crippen LogP contribution in [0.1, 0.15) is 90.5 Å². The van der Waals surface area contributed by atoms with Crippen LogP contribution in [0.5, 0.6) is 0 Å². The van der Waals surface area contributed by atoms with Gasteiger partial charge in [0.1, 0.15) is 6.29 Å². The summed E-state index contributed by atoms with van der Waals surface area (Å²) >= 11 is 3.74. The topological polar surface area (TPSA) is 145 Å². The van der Waals surface area contributed by atoms with E-state index >= 15 is 0 Å². The lowest BCUT2D eigenvalue weighted by Gasteiger charge is -2.26. The van der Waals surface area contributed by atoms with Gasteiger partial charge in [-0.15, -0.1) is 0 Å². The molecule has 0 spiro atoms. The quantitative estimate of drug-likeness (QED) is 0.0798. The highest BCUT2D eigenvalue weighted by Gasteiger charge is 2.19. The molecule has 3 rings (SSSR count). The van der Waals surface area contributed by atoms with Gasteiger partial charge in [0.25, 0.3) is 0 Å². The summed E-state index contributed by atoms with van der Waals surface area (Å²) in [4.78, 5) is 32.1. The van der Waals surface area contributed by atoms with Crippen molar-refractivity contribution in [1.82, 2.24) is 10.2 Å². The van der Waals surface area contributed by atoms with Gasteiger partial charge in [-0.1, -0.05) is 90.8 Å². The zero-order chi connectivity index (χ0) is 34.5. The number of aldehydes is 1. The van der Waals surface area contributed by atoms with Crippen LogP contribution in [-0.4, -0.2) is 68.7 Å². The molecule has 1 aliphatic carbocycles. The van der Waals surface area contributed by atoms with E-state index < -0.39 is 0 Å². The third kappa shape index (κ3) is 23.7. The van der Waals surface area contributed by atoms with Crippen molar-refractivity contribution in [3.05, 3.63) is 47.4 Å². The smallest absolute Gasteiger partial charge is 0.204 e. The van der Waals surface area contributed by atoms with E-state index in [2.05, 4.69) is 67.9 Å². The number of nitrogens with one attached hydrogen (secondary N) is 1. The van der Waals surface area contributed by atoms with Gasteiger partial charge in [0, 0.05) is 41.7 Å². The highest BCUT2D eigenvalue weighted by Crippen LogP contribution is 2.36. The Hall–Kier alpha value is -2.27. The molecule has 1 aromatic carbocycles. The molecule has 45 heavy (non-hydrogen) atoms. The molecule has 1 saturated carbocycles. The Kier molecular flexibility index (Phi) is 30.3. The fourth-order valence-corrected chi connectivity index (χ4v) is 7.03. The Morgan fingerprint density at radius 3 is 2.16 bits per heavy atom. The maximum absolute atomic E-state index is 10.2. The molecule has 1 aromatic rings. The number of nitrogens with zero attached hydrogens (tertiary/aromatic N) is 1. The molecule has 0 aromatic heterocycles. The molecule has 7 N–H and O–H groups in total. The number of primary amides is 2. The van der Waals surface area contributed by atoms with E-state index in [-0.39, 0.29) is 12.8 Å². The Balaban J connectivity index is 0. The predicted octanol–water partition coefficient (Wildman–Crippen LogP) is 6.60. The number of anilines is 1. The Bertz CT molecular complexity index is 928. The van der Waals surface area contributed by atoms with E-state index in [1.54, 1.807) is 11.8 Å². The van der Waals surface area contributed by atoms with Crippen LogP contribution < -0.4 is 22.5 Å². The van der Waals surface area contributed by atoms with Crippen molar-refractivity contribution in [1.29, 1.82) is 0 Å². The molecular weight excluding hydrogens is 603 g/mol. The Labute approximate surface area is 283 Å². The van der Waals surface area contributed by atoms with Gasteiger partial charge >= 0.3 is 0 Å². The van der Waals surface area contributed by atoms with Crippen molar-refractivity contribution in [3.63, 3.8) is 0 Å². The predicted molar refractivity (Wildman–Crippen MR) is 199 cm³/mol. The number of carbonyl (C=O) groups is 3. The zero-order valence-electron chi connectivity index (χ0n) is 28.7. The van der Waals surface area contributed by atoms with E-state index in [1.807, 2.05) is 31.7 Å². The average molecular weight is 666 g/mol. The van der Waals surface area contributed by atoms with Crippen molar-refractivity contribution >= 4 is 48.3 Å². The maximum atomic E-state index is 10.2. The van der Waals surface area contributed by atoms with Crippen LogP contribution in [0.25, 0.3) is 0 Å². The van der Waals surface area contributed by atoms with Crippen LogP contribution in [0.4, 0.5) is 5.69 Å². The number of carbonyl (C=O) groups excluding carboxylic acids is 3. The molecule has 1 saturated heterocycles. The largest absolute Gasteiger partial charge is 0.398 e. The monoisotopic (exact) mass is 665 g/mol. The third-order valence-electron chi connectivity index (χ3n) is 7.37. The van der Waals surface area contributed by atoms with Gasteiger partial charge in [0.2, 0.25) is 12.8 Å². The highest BCUT2D eigenvalue weighted by molar-refractivity contribution is 8.03. The zero-order valence-corrected chi connectivity index (χ0v) is 30.4. The second-order valence-electron chi connectivity index (χ2n) is 11.2. The summed E-state index contributed by atoms with van der Waals surface area (Å²) in [6.45, 7) is 20.5. The van der Waals surface area contributed by atoms with E-state index in [0.717, 1.165) is 56.4 Å². The number of hydrogen-bond donors (Lipinski definition) is 4. The minimum atomic E-state index is 0.250. The number of nitrogen functional groups attached to an aromatic ring is 1. The number of nitrogens with two attached hydrogens (primary N) is 3. The molecule has 8 nitrogen and oxygen atoms in total. The first-order valence-electron chi connectivity index (χ1n) is 16.3. The van der Waals surface area contributed by atoms with Gasteiger partial charge in [-0.3, -0.25) is 19.3 Å². The molecule has 0 bridgehead atoms. The van der Waals surface area contributed by atoms with Crippen LogP contribution in [0.15, 0.2) is 46.7 Å². The first-order valence-corrected chi connectivity index (χ1v) is 18.3. The van der Waals surface area contributed by atoms with Gasteiger partial charge in [0.15, 0.2) is 0 Å². The van der Waals surface area contributed by atoms with Crippen LogP contribution in [0.3, 0.4) is 0 Å². The number of amides is 2. The van der Waals surface area contributed by atoms with Crippen molar-refractivity contribution < 1.29 is 14.4 Å². The third-order valence-corrected chi connectivity index (χ3v) is 9.38. The first kappa shape index (κ1) is 44.9. The summed E-state index contributed by atoms with van der Waals surface area (Å²) in [6, 6.07) is 6.42. The van der Waals surface area contributed by atoms with E-state index in [9.17, 15) is 4.79 Å². The summed E-state index contributed by atoms with van der Waals surface area (Å²) in [5.74, 6) is 4.61. The van der Waals surface area contributed by atoms with Gasteiger partial charge in [-0.2, -0.15) is 11.8 Å². The fraction of sp³-hybridized carbons (Fsp3) is 0.629. The molecule has 1 heterocycles. The average Bonchev–Trinajstić information content (AvgIpc) is 3.04. The summed E-state index contributed by atoms with van der Waals surface area (Å²) < 4.78 is 0. The standard InChI is InChI=1S/C23H38N2S.C8H13NOS.C2H6.2CH3NO/c1-17(2)21-12-13-22(24)23(15-21)26-18(3)10-11-20(16-25-4)14-19-8-6-5-7-9-19;1-8(7-10)6-9-2-4-11-5-3-9;1-2;2*2-1-3/h12-13,15,17,19-20,25H,3,5-11,14,16,24H2,1-2,4H3;7H,1-6H2;1-2H3;2*1H,(H2,2,3). The first-order chi connectivity index (χ1) is 21.6. The molecule has 1 unspecified atom stereocenters. The Morgan fingerprint density at radius 1 is 1.07 bits per heavy atom. The maximum Gasteiger partial charge on any atom is 0.204 e. The summed E-state index contributed by atoms with van der Waals surface area (Å²) in [6.07, 6.45) is 12.2. The second-order valence-corrected chi connectivity index (χ2v) is 13.7. The lowest BCUT2D eigenvalue weighted by molar-refractivity contribution is -0.107. The van der Waals surface area contributed by atoms with Crippen molar-refractivity contribution in [3.8, 4) is 0 Å². The molecule has 2 aliphatic rings. The summed E-state index contributed by atoms with van der Waals surface area (Å²) in [5, 5.41) is 3.40. The van der Waals surface area contributed by atoms with Crippen LogP contribution in [0, 0.1) is 11.8 Å². The molecule has 10 heteroatoms. The fourth-order valence-electron chi connectivity index (χ4n) is 5.14. The lowest BCUT2D eigenvalue weighted by Crippen LogP contribution is -2.34. The van der Waals surface area contributed by atoms with E-state index in [1.165, 1.54) is 71.8 Å². The van der Waals surface area contributed by atoms with E-state index in [4.69, 9.17) is 15.3 Å². The van der Waals surface area contributed by atoms with Crippen molar-refractivity contribution in [2.45, 2.75) is 89.9 Å². The van der Waals surface area contributed by atoms with Gasteiger partial charge in [0.05, 0.1) is 0 Å². The molecule has 258 valence electrons. The molecule has 2 fully saturated rings. The van der Waals surface area contributed by atoms with Gasteiger partial charge < -0.3 is 22.5 Å². The number of benzene rings is 1. The summed E-state index contributed by atoms with van der Waals surface area (Å²) in [5.41, 5.74) is 17.4. The van der Waals surface area contributed by atoms with Crippen LogP contribution in [-0.2, 0) is 14.4 Å². The minimum Gasteiger partial charge on any atom is -0.398 e. The van der Waals surface area contributed by atoms with Gasteiger partial charge in [-0.25, -0.2) is 0 Å². The van der Waals surface area contributed by atoms with Gasteiger partial charge in [-0.05, 0) is 78.8 Å². The van der Waals surface area contributed by atoms with Crippen molar-refractivity contribution in [2.24, 2.45) is 23.3 Å². The number of thioether (sulfide) groups is 2. The SMILES string of the molecule is C=C(C=O)CN1CCSCC1.C=C(CCC(CNC)CC1CCCCC1)Sc1cc(C(C)C)ccc1N.CC.NC=O.NC=O. The molecular formula is C35H63N5O3S2. The highest BCUT2D eigenvalue weighted by atomic mass is 32.2. The van der Waals surface area contributed by atoms with Crippen LogP contribution in [0.2, 0.25) is 0 Å². The number of hydrogen-bond acceptors (Lipinski definition) is 8. The summed E-state index contributed by atoms with van der Waals surface area (Å²) in [7, 11) is 2.08. The molecule has 1 aliphatic heterocycles. The molecule has 1 atom stereocenters. The van der Waals surface area contributed by atoms with Crippen molar-refractivity contribution in [2.75, 3.05) is 50.5 Å². The number of rotatable bonds is 13. The second kappa shape index (κ2) is 30.4. The minimum absolute atomic E-state index is 0.250.